The average Bonchev–Trinajstić information content (AvgIpc) is 2.82. The first-order valence-corrected chi connectivity index (χ1v) is 7.60. The topological polar surface area (TPSA) is 59.8 Å². The summed E-state index contributed by atoms with van der Waals surface area (Å²) in [5.41, 5.74) is 0.278. The van der Waals surface area contributed by atoms with Gasteiger partial charge in [0.05, 0.1) is 12.7 Å². The van der Waals surface area contributed by atoms with Crippen molar-refractivity contribution in [2.75, 3.05) is 20.2 Å². The number of hydrogen-bond acceptors (Lipinski definition) is 4. The average molecular weight is 301 g/mol. The van der Waals surface area contributed by atoms with E-state index in [0.717, 1.165) is 38.8 Å². The number of amides is 1. The zero-order chi connectivity index (χ0) is 15.5. The highest BCUT2D eigenvalue weighted by molar-refractivity contribution is 6.05. The lowest BCUT2D eigenvalue weighted by Gasteiger charge is -2.20. The molecule has 1 fully saturated rings. The molecule has 2 heterocycles. The third-order valence-electron chi connectivity index (χ3n) is 4.08. The Morgan fingerprint density at radius 3 is 2.55 bits per heavy atom. The number of methoxy groups -OCH3 is 1. The van der Waals surface area contributed by atoms with Crippen molar-refractivity contribution in [3.8, 4) is 5.75 Å². The minimum atomic E-state index is -0.515. The molecule has 0 aliphatic carbocycles. The van der Waals surface area contributed by atoms with Crippen molar-refractivity contribution in [1.82, 2.24) is 4.90 Å². The van der Waals surface area contributed by atoms with Crippen LogP contribution in [0.25, 0.3) is 11.0 Å². The minimum absolute atomic E-state index is 0.0926. The number of hydrogen-bond donors (Lipinski definition) is 0. The largest absolute Gasteiger partial charge is 0.497 e. The number of fused-ring (bicyclic) bond motifs is 1. The van der Waals surface area contributed by atoms with Gasteiger partial charge in [0.1, 0.15) is 11.3 Å². The van der Waals surface area contributed by atoms with Gasteiger partial charge in [-0.3, -0.25) is 4.79 Å². The first-order chi connectivity index (χ1) is 10.7. The van der Waals surface area contributed by atoms with E-state index in [1.54, 1.807) is 25.3 Å². The Morgan fingerprint density at radius 2 is 1.86 bits per heavy atom. The van der Waals surface area contributed by atoms with E-state index in [1.807, 2.05) is 4.90 Å². The number of nitrogens with zero attached hydrogens (tertiary/aromatic N) is 1. The number of carbonyl (C=O) groups is 1. The van der Waals surface area contributed by atoms with Crippen LogP contribution in [0.3, 0.4) is 0 Å². The maximum absolute atomic E-state index is 12.8. The van der Waals surface area contributed by atoms with E-state index >= 15 is 0 Å². The van der Waals surface area contributed by atoms with E-state index < -0.39 is 5.63 Å². The van der Waals surface area contributed by atoms with E-state index in [4.69, 9.17) is 9.15 Å². The standard InChI is InChI=1S/C17H19NO4/c1-21-12-6-7-13-14(11-16(19)22-15(13)10-12)17(20)18-8-4-2-3-5-9-18/h6-7,10-11H,2-5,8-9H2,1H3. The SMILES string of the molecule is COc1ccc2c(C(=O)N3CCCCCC3)cc(=O)oc2c1. The first-order valence-electron chi connectivity index (χ1n) is 7.60. The van der Waals surface area contributed by atoms with Gasteiger partial charge in [-0.1, -0.05) is 12.8 Å². The highest BCUT2D eigenvalue weighted by Crippen LogP contribution is 2.24. The molecule has 3 rings (SSSR count). The summed E-state index contributed by atoms with van der Waals surface area (Å²) in [6.07, 6.45) is 4.33. The van der Waals surface area contributed by atoms with Crippen molar-refractivity contribution >= 4 is 16.9 Å². The molecule has 0 saturated carbocycles. The van der Waals surface area contributed by atoms with Crippen LogP contribution < -0.4 is 10.4 Å². The normalized spacial score (nSPS) is 15.6. The molecule has 1 aliphatic rings. The van der Waals surface area contributed by atoms with Crippen LogP contribution in [0.4, 0.5) is 0 Å². The Balaban J connectivity index is 2.05. The van der Waals surface area contributed by atoms with E-state index in [1.165, 1.54) is 6.07 Å². The summed E-state index contributed by atoms with van der Waals surface area (Å²) in [5.74, 6) is 0.500. The molecule has 1 aliphatic heterocycles. The second-order valence-electron chi connectivity index (χ2n) is 5.55. The summed E-state index contributed by atoms with van der Waals surface area (Å²) in [6.45, 7) is 1.49. The van der Waals surface area contributed by atoms with E-state index in [0.29, 0.717) is 22.3 Å². The monoisotopic (exact) mass is 301 g/mol. The molecule has 0 spiro atoms. The van der Waals surface area contributed by atoms with E-state index in [9.17, 15) is 9.59 Å². The Kier molecular flexibility index (Phi) is 4.13. The molecule has 0 unspecified atom stereocenters. The zero-order valence-electron chi connectivity index (χ0n) is 12.6. The molecule has 22 heavy (non-hydrogen) atoms. The fourth-order valence-electron chi connectivity index (χ4n) is 2.89. The van der Waals surface area contributed by atoms with Gasteiger partial charge >= 0.3 is 5.63 Å². The summed E-state index contributed by atoms with van der Waals surface area (Å²) in [5, 5.41) is 0.648. The van der Waals surface area contributed by atoms with E-state index in [-0.39, 0.29) is 5.91 Å². The van der Waals surface area contributed by atoms with Crippen LogP contribution in [0.15, 0.2) is 33.5 Å². The number of likely N-dealkylation sites (tertiary alicyclic amines) is 1. The van der Waals surface area contributed by atoms with Gasteiger partial charge in [0, 0.05) is 30.6 Å². The molecule has 0 radical (unpaired) electrons. The highest BCUT2D eigenvalue weighted by Gasteiger charge is 2.21. The molecular weight excluding hydrogens is 282 g/mol. The predicted octanol–water partition coefficient (Wildman–Crippen LogP) is 2.82. The lowest BCUT2D eigenvalue weighted by molar-refractivity contribution is 0.0763. The van der Waals surface area contributed by atoms with Gasteiger partial charge < -0.3 is 14.1 Å². The number of rotatable bonds is 2. The van der Waals surface area contributed by atoms with Crippen molar-refractivity contribution in [3.63, 3.8) is 0 Å². The zero-order valence-corrected chi connectivity index (χ0v) is 12.6. The molecule has 5 heteroatoms. The summed E-state index contributed by atoms with van der Waals surface area (Å²) >= 11 is 0. The first kappa shape index (κ1) is 14.6. The van der Waals surface area contributed by atoms with Gasteiger partial charge in [0.2, 0.25) is 0 Å². The molecule has 1 saturated heterocycles. The second kappa shape index (κ2) is 6.22. The van der Waals surface area contributed by atoms with Crippen LogP contribution in [0.5, 0.6) is 5.75 Å². The molecule has 0 atom stereocenters. The number of benzene rings is 1. The van der Waals surface area contributed by atoms with Crippen LogP contribution in [-0.2, 0) is 0 Å². The Morgan fingerprint density at radius 1 is 1.14 bits per heavy atom. The van der Waals surface area contributed by atoms with Crippen LogP contribution in [0, 0.1) is 0 Å². The smallest absolute Gasteiger partial charge is 0.337 e. The quantitative estimate of drug-likeness (QED) is 0.800. The molecular formula is C17H19NO4. The lowest BCUT2D eigenvalue weighted by Crippen LogP contribution is -2.32. The maximum atomic E-state index is 12.8. The molecule has 0 bridgehead atoms. The molecule has 5 nitrogen and oxygen atoms in total. The van der Waals surface area contributed by atoms with Crippen molar-refractivity contribution in [2.24, 2.45) is 0 Å². The van der Waals surface area contributed by atoms with Crippen LogP contribution >= 0.6 is 0 Å². The third-order valence-corrected chi connectivity index (χ3v) is 4.08. The van der Waals surface area contributed by atoms with Gasteiger partial charge in [0.15, 0.2) is 0 Å². The van der Waals surface area contributed by atoms with Gasteiger partial charge in [0.25, 0.3) is 5.91 Å². The summed E-state index contributed by atoms with van der Waals surface area (Å²) in [6, 6.07) is 6.46. The predicted molar refractivity (Wildman–Crippen MR) is 83.4 cm³/mol. The molecule has 1 aromatic carbocycles. The maximum Gasteiger partial charge on any atom is 0.337 e. The Hall–Kier alpha value is -2.30. The van der Waals surface area contributed by atoms with Gasteiger partial charge in [-0.05, 0) is 25.0 Å². The molecule has 1 amide bonds. The molecule has 2 aromatic rings. The summed E-state index contributed by atoms with van der Waals surface area (Å²) in [7, 11) is 1.55. The number of carbonyl (C=O) groups excluding carboxylic acids is 1. The van der Waals surface area contributed by atoms with Crippen molar-refractivity contribution < 1.29 is 13.9 Å². The lowest BCUT2D eigenvalue weighted by atomic mass is 10.1. The van der Waals surface area contributed by atoms with Crippen molar-refractivity contribution in [3.05, 3.63) is 40.2 Å². The minimum Gasteiger partial charge on any atom is -0.497 e. The molecule has 1 aromatic heterocycles. The van der Waals surface area contributed by atoms with Crippen LogP contribution in [0.1, 0.15) is 36.0 Å². The third kappa shape index (κ3) is 2.84. The van der Waals surface area contributed by atoms with Crippen molar-refractivity contribution in [1.29, 1.82) is 0 Å². The summed E-state index contributed by atoms with van der Waals surface area (Å²) < 4.78 is 10.3. The Bertz CT molecular complexity index is 742. The fraction of sp³-hybridized carbons (Fsp3) is 0.412. The fourth-order valence-corrected chi connectivity index (χ4v) is 2.89. The Labute approximate surface area is 128 Å². The van der Waals surface area contributed by atoms with Gasteiger partial charge in [-0.15, -0.1) is 0 Å². The highest BCUT2D eigenvalue weighted by atomic mass is 16.5. The number of ether oxygens (including phenoxy) is 1. The second-order valence-corrected chi connectivity index (χ2v) is 5.55. The van der Waals surface area contributed by atoms with Crippen LogP contribution in [-0.4, -0.2) is 31.0 Å². The van der Waals surface area contributed by atoms with Crippen molar-refractivity contribution in [2.45, 2.75) is 25.7 Å². The van der Waals surface area contributed by atoms with E-state index in [2.05, 4.69) is 0 Å². The molecule has 0 N–H and O–H groups in total. The van der Waals surface area contributed by atoms with Gasteiger partial charge in [-0.25, -0.2) is 4.79 Å². The summed E-state index contributed by atoms with van der Waals surface area (Å²) in [4.78, 5) is 26.4. The van der Waals surface area contributed by atoms with Gasteiger partial charge in [-0.2, -0.15) is 0 Å². The van der Waals surface area contributed by atoms with Crippen LogP contribution in [0.2, 0.25) is 0 Å². The molecule has 116 valence electrons.